The van der Waals surface area contributed by atoms with Gasteiger partial charge < -0.3 is 10.6 Å². The van der Waals surface area contributed by atoms with E-state index in [-0.39, 0.29) is 0 Å². The maximum Gasteiger partial charge on any atom is 0.0615 e. The molecular formula is C11H16Cl2N2. The number of hydrogen-bond donors (Lipinski definition) is 1. The van der Waals surface area contributed by atoms with Crippen molar-refractivity contribution in [3.63, 3.8) is 0 Å². The number of nitrogen functional groups attached to an aromatic ring is 1. The Hall–Kier alpha value is -0.600. The molecule has 15 heavy (non-hydrogen) atoms. The monoisotopic (exact) mass is 246 g/mol. The van der Waals surface area contributed by atoms with Gasteiger partial charge in [-0.15, -0.1) is 0 Å². The average Bonchev–Trinajstić information content (AvgIpc) is 2.20. The molecule has 2 nitrogen and oxygen atoms in total. The van der Waals surface area contributed by atoms with Crippen molar-refractivity contribution in [1.82, 2.24) is 0 Å². The topological polar surface area (TPSA) is 29.3 Å². The molecule has 1 aromatic carbocycles. The van der Waals surface area contributed by atoms with Gasteiger partial charge in [-0.25, -0.2) is 0 Å². The summed E-state index contributed by atoms with van der Waals surface area (Å²) in [6.45, 7) is 6.11. The lowest BCUT2D eigenvalue weighted by molar-refractivity contribution is 0.793. The van der Waals surface area contributed by atoms with E-state index in [4.69, 9.17) is 28.9 Å². The molecule has 0 aliphatic carbocycles. The van der Waals surface area contributed by atoms with E-state index in [1.165, 1.54) is 0 Å². The fraction of sp³-hybridized carbons (Fsp3) is 0.455. The van der Waals surface area contributed by atoms with Crippen LogP contribution in [0.4, 0.5) is 11.4 Å². The number of halogens is 2. The summed E-state index contributed by atoms with van der Waals surface area (Å²) in [4.78, 5) is 2.19. The molecule has 0 atom stereocenters. The molecule has 0 amide bonds. The molecule has 0 unspecified atom stereocenters. The second-order valence-electron chi connectivity index (χ2n) is 3.40. The van der Waals surface area contributed by atoms with E-state index in [1.54, 1.807) is 6.07 Å². The number of rotatable bonds is 4. The molecule has 0 aromatic heterocycles. The zero-order chi connectivity index (χ0) is 11.4. The first kappa shape index (κ1) is 12.5. The van der Waals surface area contributed by atoms with E-state index in [2.05, 4.69) is 18.7 Å². The Morgan fingerprint density at radius 3 is 2.33 bits per heavy atom. The zero-order valence-electron chi connectivity index (χ0n) is 9.06. The first-order chi connectivity index (χ1) is 7.10. The van der Waals surface area contributed by atoms with Crippen molar-refractivity contribution in [1.29, 1.82) is 0 Å². The largest absolute Gasteiger partial charge is 0.397 e. The van der Waals surface area contributed by atoms with Crippen LogP contribution in [0.5, 0.6) is 0 Å². The lowest BCUT2D eigenvalue weighted by Gasteiger charge is -2.24. The Bertz CT molecular complexity index is 340. The van der Waals surface area contributed by atoms with Gasteiger partial charge in [0, 0.05) is 13.1 Å². The van der Waals surface area contributed by atoms with Gasteiger partial charge in [0.15, 0.2) is 0 Å². The standard InChI is InChI=1S/C11H16Cl2N2/c1-3-5-15(4-2)11-7-9(13)8(12)6-10(11)14/h6-7H,3-5,14H2,1-2H3. The van der Waals surface area contributed by atoms with Crippen molar-refractivity contribution in [2.24, 2.45) is 0 Å². The van der Waals surface area contributed by atoms with Crippen LogP contribution in [0.2, 0.25) is 10.0 Å². The van der Waals surface area contributed by atoms with E-state index in [9.17, 15) is 0 Å². The first-order valence-electron chi connectivity index (χ1n) is 5.09. The quantitative estimate of drug-likeness (QED) is 0.819. The summed E-state index contributed by atoms with van der Waals surface area (Å²) >= 11 is 11.9. The summed E-state index contributed by atoms with van der Waals surface area (Å²) in [6, 6.07) is 3.54. The van der Waals surface area contributed by atoms with E-state index >= 15 is 0 Å². The second-order valence-corrected chi connectivity index (χ2v) is 4.22. The van der Waals surface area contributed by atoms with Crippen LogP contribution in [0.25, 0.3) is 0 Å². The third kappa shape index (κ3) is 2.93. The van der Waals surface area contributed by atoms with Gasteiger partial charge in [-0.2, -0.15) is 0 Å². The van der Waals surface area contributed by atoms with Crippen LogP contribution < -0.4 is 10.6 Å². The lowest BCUT2D eigenvalue weighted by atomic mass is 10.2. The van der Waals surface area contributed by atoms with Crippen molar-refractivity contribution in [3.05, 3.63) is 22.2 Å². The molecule has 1 rings (SSSR count). The molecule has 0 saturated carbocycles. The number of hydrogen-bond acceptors (Lipinski definition) is 2. The van der Waals surface area contributed by atoms with Crippen LogP contribution in [0.3, 0.4) is 0 Å². The normalized spacial score (nSPS) is 10.4. The molecule has 0 radical (unpaired) electrons. The van der Waals surface area contributed by atoms with Gasteiger partial charge in [0.25, 0.3) is 0 Å². The van der Waals surface area contributed by atoms with Crippen LogP contribution >= 0.6 is 23.2 Å². The third-order valence-corrected chi connectivity index (χ3v) is 3.01. The molecule has 4 heteroatoms. The van der Waals surface area contributed by atoms with Crippen LogP contribution in [-0.2, 0) is 0 Å². The number of benzene rings is 1. The number of nitrogens with zero attached hydrogens (tertiary/aromatic N) is 1. The van der Waals surface area contributed by atoms with Gasteiger partial charge in [-0.1, -0.05) is 30.1 Å². The Morgan fingerprint density at radius 2 is 1.80 bits per heavy atom. The van der Waals surface area contributed by atoms with Gasteiger partial charge in [0.2, 0.25) is 0 Å². The minimum Gasteiger partial charge on any atom is -0.397 e. The van der Waals surface area contributed by atoms with Crippen molar-refractivity contribution in [3.8, 4) is 0 Å². The molecule has 2 N–H and O–H groups in total. The van der Waals surface area contributed by atoms with E-state index in [1.807, 2.05) is 6.07 Å². The summed E-state index contributed by atoms with van der Waals surface area (Å²) in [5.74, 6) is 0. The Balaban J connectivity index is 3.06. The highest BCUT2D eigenvalue weighted by molar-refractivity contribution is 6.42. The van der Waals surface area contributed by atoms with Gasteiger partial charge in [-0.05, 0) is 25.5 Å². The molecular weight excluding hydrogens is 231 g/mol. The maximum absolute atomic E-state index is 5.97. The van der Waals surface area contributed by atoms with Crippen LogP contribution in [-0.4, -0.2) is 13.1 Å². The smallest absolute Gasteiger partial charge is 0.0615 e. The predicted octanol–water partition coefficient (Wildman–Crippen LogP) is 3.81. The highest BCUT2D eigenvalue weighted by atomic mass is 35.5. The van der Waals surface area contributed by atoms with Gasteiger partial charge in [0.05, 0.1) is 21.4 Å². The van der Waals surface area contributed by atoms with Crippen molar-refractivity contribution in [2.75, 3.05) is 23.7 Å². The van der Waals surface area contributed by atoms with E-state index in [0.29, 0.717) is 15.7 Å². The fourth-order valence-electron chi connectivity index (χ4n) is 1.54. The molecule has 0 spiro atoms. The van der Waals surface area contributed by atoms with Crippen LogP contribution in [0, 0.1) is 0 Å². The summed E-state index contributed by atoms with van der Waals surface area (Å²) in [5, 5.41) is 1.06. The Kier molecular flexibility index (Phi) is 4.55. The minimum atomic E-state index is 0.505. The molecule has 84 valence electrons. The minimum absolute atomic E-state index is 0.505. The Morgan fingerprint density at radius 1 is 1.20 bits per heavy atom. The van der Waals surface area contributed by atoms with Crippen molar-refractivity contribution >= 4 is 34.6 Å². The van der Waals surface area contributed by atoms with Crippen molar-refractivity contribution < 1.29 is 0 Å². The SMILES string of the molecule is CCCN(CC)c1cc(Cl)c(Cl)cc1N. The molecule has 0 fully saturated rings. The van der Waals surface area contributed by atoms with Crippen molar-refractivity contribution in [2.45, 2.75) is 20.3 Å². The fourth-order valence-corrected chi connectivity index (χ4v) is 1.87. The van der Waals surface area contributed by atoms with Gasteiger partial charge >= 0.3 is 0 Å². The lowest BCUT2D eigenvalue weighted by Crippen LogP contribution is -2.24. The average molecular weight is 247 g/mol. The molecule has 0 bridgehead atoms. The van der Waals surface area contributed by atoms with Gasteiger partial charge in [-0.3, -0.25) is 0 Å². The predicted molar refractivity (Wildman–Crippen MR) is 69.1 cm³/mol. The number of anilines is 2. The van der Waals surface area contributed by atoms with E-state index < -0.39 is 0 Å². The Labute approximate surface area is 101 Å². The van der Waals surface area contributed by atoms with E-state index in [0.717, 1.165) is 25.2 Å². The van der Waals surface area contributed by atoms with Crippen LogP contribution in [0.15, 0.2) is 12.1 Å². The second kappa shape index (κ2) is 5.47. The first-order valence-corrected chi connectivity index (χ1v) is 5.85. The molecule has 0 heterocycles. The maximum atomic E-state index is 5.97. The zero-order valence-corrected chi connectivity index (χ0v) is 10.6. The number of nitrogens with two attached hydrogens (primary N) is 1. The summed E-state index contributed by atoms with van der Waals surface area (Å²) < 4.78 is 0. The van der Waals surface area contributed by atoms with Crippen LogP contribution in [0.1, 0.15) is 20.3 Å². The third-order valence-electron chi connectivity index (χ3n) is 2.29. The summed E-state index contributed by atoms with van der Waals surface area (Å²) in [6.07, 6.45) is 1.08. The van der Waals surface area contributed by atoms with Gasteiger partial charge in [0.1, 0.15) is 0 Å². The molecule has 1 aromatic rings. The highest BCUT2D eigenvalue weighted by Crippen LogP contribution is 2.33. The summed E-state index contributed by atoms with van der Waals surface area (Å²) in [7, 11) is 0. The summed E-state index contributed by atoms with van der Waals surface area (Å²) in [5.41, 5.74) is 7.56. The molecule has 0 aliphatic heterocycles. The molecule has 0 aliphatic rings. The highest BCUT2D eigenvalue weighted by Gasteiger charge is 2.10. The molecule has 0 saturated heterocycles.